The van der Waals surface area contributed by atoms with Crippen molar-refractivity contribution in [2.24, 2.45) is 0 Å². The summed E-state index contributed by atoms with van der Waals surface area (Å²) in [6.07, 6.45) is 4.62. The number of carbonyl (C=O) groups is 1. The fourth-order valence-corrected chi connectivity index (χ4v) is 2.49. The second-order valence-electron chi connectivity index (χ2n) is 4.85. The van der Waals surface area contributed by atoms with Gasteiger partial charge in [0.25, 0.3) is 5.91 Å². The summed E-state index contributed by atoms with van der Waals surface area (Å²) in [4.78, 5) is 16.0. The molecule has 1 aliphatic rings. The molecule has 0 aromatic carbocycles. The SMILES string of the molecule is Cc1cc(C(=O)NCCC2CCCCO2)cc(Cl)n1. The Balaban J connectivity index is 1.80. The van der Waals surface area contributed by atoms with Gasteiger partial charge in [0.15, 0.2) is 0 Å². The minimum atomic E-state index is -0.108. The Morgan fingerprint density at radius 3 is 3.05 bits per heavy atom. The number of hydrogen-bond donors (Lipinski definition) is 1. The first kappa shape index (κ1) is 14.3. The van der Waals surface area contributed by atoms with Crippen LogP contribution in [0.25, 0.3) is 0 Å². The number of amides is 1. The molecule has 104 valence electrons. The van der Waals surface area contributed by atoms with Crippen molar-refractivity contribution in [3.8, 4) is 0 Å². The van der Waals surface area contributed by atoms with Crippen molar-refractivity contribution in [3.63, 3.8) is 0 Å². The van der Waals surface area contributed by atoms with Crippen molar-refractivity contribution in [2.45, 2.75) is 38.7 Å². The molecule has 0 radical (unpaired) electrons. The molecule has 1 amide bonds. The first-order valence-corrected chi connectivity index (χ1v) is 7.07. The summed E-state index contributed by atoms with van der Waals surface area (Å²) in [5.41, 5.74) is 1.30. The van der Waals surface area contributed by atoms with E-state index in [1.54, 1.807) is 12.1 Å². The second kappa shape index (κ2) is 6.87. The van der Waals surface area contributed by atoms with Gasteiger partial charge in [0.2, 0.25) is 0 Å². The summed E-state index contributed by atoms with van der Waals surface area (Å²) in [7, 11) is 0. The molecule has 1 aromatic rings. The smallest absolute Gasteiger partial charge is 0.251 e. The van der Waals surface area contributed by atoms with Crippen LogP contribution in [0.1, 0.15) is 41.7 Å². The summed E-state index contributed by atoms with van der Waals surface area (Å²) < 4.78 is 5.62. The van der Waals surface area contributed by atoms with E-state index >= 15 is 0 Å². The highest BCUT2D eigenvalue weighted by molar-refractivity contribution is 6.29. The van der Waals surface area contributed by atoms with Crippen molar-refractivity contribution in [1.82, 2.24) is 10.3 Å². The Bertz CT molecular complexity index is 425. The third kappa shape index (κ3) is 4.48. The molecular weight excluding hydrogens is 264 g/mol. The van der Waals surface area contributed by atoms with Crippen LogP contribution in [-0.4, -0.2) is 30.1 Å². The topological polar surface area (TPSA) is 51.2 Å². The summed E-state index contributed by atoms with van der Waals surface area (Å²) in [6.45, 7) is 3.29. The predicted octanol–water partition coefficient (Wildman–Crippen LogP) is 2.73. The van der Waals surface area contributed by atoms with Crippen LogP contribution in [0.2, 0.25) is 5.15 Å². The van der Waals surface area contributed by atoms with Gasteiger partial charge in [-0.25, -0.2) is 4.98 Å². The lowest BCUT2D eigenvalue weighted by molar-refractivity contribution is 0.0117. The van der Waals surface area contributed by atoms with E-state index in [0.29, 0.717) is 17.3 Å². The first-order valence-electron chi connectivity index (χ1n) is 6.69. The minimum Gasteiger partial charge on any atom is -0.378 e. The van der Waals surface area contributed by atoms with Gasteiger partial charge in [-0.1, -0.05) is 11.6 Å². The normalized spacial score (nSPS) is 19.2. The van der Waals surface area contributed by atoms with Crippen molar-refractivity contribution in [2.75, 3.05) is 13.2 Å². The van der Waals surface area contributed by atoms with Crippen molar-refractivity contribution in [3.05, 3.63) is 28.5 Å². The third-order valence-corrected chi connectivity index (χ3v) is 3.40. The number of pyridine rings is 1. The molecule has 1 aromatic heterocycles. The van der Waals surface area contributed by atoms with Crippen LogP contribution in [0.5, 0.6) is 0 Å². The molecule has 1 fully saturated rings. The van der Waals surface area contributed by atoms with E-state index in [0.717, 1.165) is 31.6 Å². The molecule has 1 aliphatic heterocycles. The molecule has 1 unspecified atom stereocenters. The standard InChI is InChI=1S/C14H19ClN2O2/c1-10-8-11(9-13(15)17-10)14(18)16-6-5-12-4-2-3-7-19-12/h8-9,12H,2-7H2,1H3,(H,16,18). The Kier molecular flexibility index (Phi) is 5.16. The molecule has 2 rings (SSSR count). The molecule has 1 saturated heterocycles. The highest BCUT2D eigenvalue weighted by atomic mass is 35.5. The molecule has 4 nitrogen and oxygen atoms in total. The Morgan fingerprint density at radius 1 is 1.53 bits per heavy atom. The van der Waals surface area contributed by atoms with E-state index in [1.807, 2.05) is 6.92 Å². The van der Waals surface area contributed by atoms with Gasteiger partial charge in [-0.15, -0.1) is 0 Å². The Labute approximate surface area is 118 Å². The number of hydrogen-bond acceptors (Lipinski definition) is 3. The summed E-state index contributed by atoms with van der Waals surface area (Å²) in [5, 5.41) is 3.24. The van der Waals surface area contributed by atoms with Gasteiger partial charge < -0.3 is 10.1 Å². The Hall–Kier alpha value is -1.13. The predicted molar refractivity (Wildman–Crippen MR) is 74.5 cm³/mol. The monoisotopic (exact) mass is 282 g/mol. The summed E-state index contributed by atoms with van der Waals surface area (Å²) in [6, 6.07) is 3.32. The van der Waals surface area contributed by atoms with Gasteiger partial charge in [0, 0.05) is 24.4 Å². The second-order valence-corrected chi connectivity index (χ2v) is 5.24. The van der Waals surface area contributed by atoms with Crippen LogP contribution < -0.4 is 5.32 Å². The van der Waals surface area contributed by atoms with Gasteiger partial charge in [0.05, 0.1) is 6.10 Å². The summed E-state index contributed by atoms with van der Waals surface area (Å²) in [5.74, 6) is -0.108. The highest BCUT2D eigenvalue weighted by Crippen LogP contribution is 2.15. The maximum atomic E-state index is 12.0. The molecule has 0 spiro atoms. The zero-order valence-electron chi connectivity index (χ0n) is 11.1. The van der Waals surface area contributed by atoms with Crippen LogP contribution in [0.15, 0.2) is 12.1 Å². The number of aromatic nitrogens is 1. The van der Waals surface area contributed by atoms with E-state index in [2.05, 4.69) is 10.3 Å². The number of carbonyl (C=O) groups excluding carboxylic acids is 1. The van der Waals surface area contributed by atoms with E-state index in [-0.39, 0.29) is 12.0 Å². The maximum absolute atomic E-state index is 12.0. The lowest BCUT2D eigenvalue weighted by Gasteiger charge is -2.22. The maximum Gasteiger partial charge on any atom is 0.251 e. The average molecular weight is 283 g/mol. The number of nitrogens with one attached hydrogen (secondary N) is 1. The van der Waals surface area contributed by atoms with E-state index in [9.17, 15) is 4.79 Å². The van der Waals surface area contributed by atoms with Gasteiger partial charge in [0.1, 0.15) is 5.15 Å². The molecular formula is C14H19ClN2O2. The number of ether oxygens (including phenoxy) is 1. The zero-order valence-corrected chi connectivity index (χ0v) is 11.9. The van der Waals surface area contributed by atoms with E-state index in [4.69, 9.17) is 16.3 Å². The summed E-state index contributed by atoms with van der Waals surface area (Å²) >= 11 is 5.84. The molecule has 0 saturated carbocycles. The van der Waals surface area contributed by atoms with Gasteiger partial charge in [-0.05, 0) is 44.7 Å². The highest BCUT2D eigenvalue weighted by Gasteiger charge is 2.14. The zero-order chi connectivity index (χ0) is 13.7. The van der Waals surface area contributed by atoms with Crippen molar-refractivity contribution in [1.29, 1.82) is 0 Å². The fraction of sp³-hybridized carbons (Fsp3) is 0.571. The van der Waals surface area contributed by atoms with E-state index in [1.165, 1.54) is 6.42 Å². The van der Waals surface area contributed by atoms with Gasteiger partial charge in [-0.3, -0.25) is 4.79 Å². The van der Waals surface area contributed by atoms with Crippen LogP contribution in [0.3, 0.4) is 0 Å². The largest absolute Gasteiger partial charge is 0.378 e. The number of halogens is 1. The molecule has 5 heteroatoms. The van der Waals surface area contributed by atoms with Crippen LogP contribution in [0.4, 0.5) is 0 Å². The fourth-order valence-electron chi connectivity index (χ4n) is 2.24. The Morgan fingerprint density at radius 2 is 2.37 bits per heavy atom. The van der Waals surface area contributed by atoms with Crippen molar-refractivity contribution >= 4 is 17.5 Å². The van der Waals surface area contributed by atoms with Gasteiger partial charge in [-0.2, -0.15) is 0 Å². The van der Waals surface area contributed by atoms with Crippen LogP contribution >= 0.6 is 11.6 Å². The molecule has 1 N–H and O–H groups in total. The minimum absolute atomic E-state index is 0.108. The van der Waals surface area contributed by atoms with Crippen molar-refractivity contribution < 1.29 is 9.53 Å². The van der Waals surface area contributed by atoms with Crippen LogP contribution in [0, 0.1) is 6.92 Å². The molecule has 2 heterocycles. The molecule has 19 heavy (non-hydrogen) atoms. The number of nitrogens with zero attached hydrogens (tertiary/aromatic N) is 1. The molecule has 1 atom stereocenters. The van der Waals surface area contributed by atoms with E-state index < -0.39 is 0 Å². The molecule has 0 aliphatic carbocycles. The lowest BCUT2D eigenvalue weighted by atomic mass is 10.1. The third-order valence-electron chi connectivity index (χ3n) is 3.21. The lowest BCUT2D eigenvalue weighted by Crippen LogP contribution is -2.29. The van der Waals surface area contributed by atoms with Gasteiger partial charge >= 0.3 is 0 Å². The number of rotatable bonds is 4. The first-order chi connectivity index (χ1) is 9.15. The number of aryl methyl sites for hydroxylation is 1. The molecule has 0 bridgehead atoms. The quantitative estimate of drug-likeness (QED) is 0.864. The average Bonchev–Trinajstić information content (AvgIpc) is 2.38. The van der Waals surface area contributed by atoms with Crippen LogP contribution in [-0.2, 0) is 4.74 Å².